The van der Waals surface area contributed by atoms with E-state index in [9.17, 15) is 0 Å². The van der Waals surface area contributed by atoms with E-state index in [4.69, 9.17) is 14.2 Å². The number of allylic oxidation sites excluding steroid dienone is 1. The molecule has 0 heterocycles. The predicted molar refractivity (Wildman–Crippen MR) is 130 cm³/mol. The van der Waals surface area contributed by atoms with Crippen molar-refractivity contribution >= 4 is 29.9 Å². The maximum atomic E-state index is 5.51. The molecule has 1 aromatic carbocycles. The topological polar surface area (TPSA) is 64.1 Å². The van der Waals surface area contributed by atoms with Gasteiger partial charge in [-0.05, 0) is 48.8 Å². The van der Waals surface area contributed by atoms with Crippen molar-refractivity contribution in [2.45, 2.75) is 38.6 Å². The molecule has 1 fully saturated rings. The van der Waals surface area contributed by atoms with E-state index in [2.05, 4.69) is 28.3 Å². The second kappa shape index (κ2) is 13.0. The Balaban J connectivity index is 0.00000420. The zero-order valence-corrected chi connectivity index (χ0v) is 20.5. The Kier molecular flexibility index (Phi) is 11.4. The van der Waals surface area contributed by atoms with E-state index in [0.29, 0.717) is 12.0 Å². The summed E-state index contributed by atoms with van der Waals surface area (Å²) in [4.78, 5) is 4.37. The maximum absolute atomic E-state index is 5.51. The second-order valence-corrected chi connectivity index (χ2v) is 7.36. The standard InChI is InChI=1S/C22H35N3O3.HI/c1-6-8-18-13-17(14-19(27-4)20(18)28-5)15-24-21(23-2)25-16-22(9-7-10-22)11-12-26-3;/h6,13-14H,1,7-12,15-16H2,2-5H3,(H2,23,24,25);1H. The first kappa shape index (κ1) is 25.6. The van der Waals surface area contributed by atoms with Crippen molar-refractivity contribution < 1.29 is 14.2 Å². The molecule has 0 bridgehead atoms. The Morgan fingerprint density at radius 2 is 1.97 bits per heavy atom. The summed E-state index contributed by atoms with van der Waals surface area (Å²) in [6, 6.07) is 4.12. The van der Waals surface area contributed by atoms with Crippen LogP contribution in [-0.4, -0.2) is 47.5 Å². The normalized spacial score (nSPS) is 15.0. The highest BCUT2D eigenvalue weighted by Gasteiger charge is 2.36. The molecule has 7 heteroatoms. The van der Waals surface area contributed by atoms with Crippen LogP contribution in [0.25, 0.3) is 0 Å². The minimum absolute atomic E-state index is 0. The lowest BCUT2D eigenvalue weighted by Crippen LogP contribution is -2.46. The van der Waals surface area contributed by atoms with Crippen molar-refractivity contribution in [2.24, 2.45) is 10.4 Å². The Morgan fingerprint density at radius 1 is 1.21 bits per heavy atom. The summed E-state index contributed by atoms with van der Waals surface area (Å²) in [5.74, 6) is 2.30. The smallest absolute Gasteiger partial charge is 0.191 e. The number of nitrogens with one attached hydrogen (secondary N) is 2. The van der Waals surface area contributed by atoms with Gasteiger partial charge in [0.25, 0.3) is 0 Å². The fourth-order valence-electron chi connectivity index (χ4n) is 3.70. The maximum Gasteiger partial charge on any atom is 0.191 e. The molecular weight excluding hydrogens is 481 g/mol. The van der Waals surface area contributed by atoms with Crippen LogP contribution in [0.1, 0.15) is 36.8 Å². The van der Waals surface area contributed by atoms with Gasteiger partial charge in [-0.15, -0.1) is 30.6 Å². The van der Waals surface area contributed by atoms with Crippen molar-refractivity contribution in [1.29, 1.82) is 0 Å². The quantitative estimate of drug-likeness (QED) is 0.202. The summed E-state index contributed by atoms with van der Waals surface area (Å²) in [7, 11) is 6.89. The Morgan fingerprint density at radius 3 is 2.48 bits per heavy atom. The van der Waals surface area contributed by atoms with Crippen LogP contribution in [0.2, 0.25) is 0 Å². The molecule has 2 N–H and O–H groups in total. The minimum atomic E-state index is 0. The third kappa shape index (κ3) is 7.06. The molecule has 0 atom stereocenters. The summed E-state index contributed by atoms with van der Waals surface area (Å²) >= 11 is 0. The molecule has 1 aliphatic rings. The summed E-state index contributed by atoms with van der Waals surface area (Å²) in [6.45, 7) is 6.22. The van der Waals surface area contributed by atoms with Crippen LogP contribution in [0.3, 0.4) is 0 Å². The van der Waals surface area contributed by atoms with Crippen LogP contribution in [-0.2, 0) is 17.7 Å². The molecule has 0 spiro atoms. The SMILES string of the molecule is C=CCc1cc(CNC(=NC)NCC2(CCOC)CCC2)cc(OC)c1OC.I. The first-order valence-corrected chi connectivity index (χ1v) is 9.89. The molecule has 0 unspecified atom stereocenters. The number of halogens is 1. The van der Waals surface area contributed by atoms with Gasteiger partial charge < -0.3 is 24.8 Å². The molecule has 0 aromatic heterocycles. The average Bonchev–Trinajstić information content (AvgIpc) is 2.68. The number of rotatable bonds is 11. The third-order valence-corrected chi connectivity index (χ3v) is 5.54. The van der Waals surface area contributed by atoms with Gasteiger partial charge in [-0.25, -0.2) is 0 Å². The van der Waals surface area contributed by atoms with Gasteiger partial charge >= 0.3 is 0 Å². The highest BCUT2D eigenvalue weighted by Crippen LogP contribution is 2.43. The lowest BCUT2D eigenvalue weighted by Gasteiger charge is -2.42. The predicted octanol–water partition coefficient (Wildman–Crippen LogP) is 3.92. The van der Waals surface area contributed by atoms with Gasteiger partial charge in [0.1, 0.15) is 0 Å². The molecule has 1 aromatic rings. The van der Waals surface area contributed by atoms with E-state index in [0.717, 1.165) is 54.6 Å². The molecule has 0 saturated heterocycles. The lowest BCUT2D eigenvalue weighted by atomic mass is 9.67. The van der Waals surface area contributed by atoms with Crippen molar-refractivity contribution in [3.63, 3.8) is 0 Å². The summed E-state index contributed by atoms with van der Waals surface area (Å²) in [6.07, 6.45) is 7.49. The summed E-state index contributed by atoms with van der Waals surface area (Å²) in [5.41, 5.74) is 2.51. The molecular formula is C22H36IN3O3. The van der Waals surface area contributed by atoms with Crippen LogP contribution in [0.15, 0.2) is 29.8 Å². The highest BCUT2D eigenvalue weighted by molar-refractivity contribution is 14.0. The highest BCUT2D eigenvalue weighted by atomic mass is 127. The molecule has 0 amide bonds. The zero-order chi connectivity index (χ0) is 20.4. The fourth-order valence-corrected chi connectivity index (χ4v) is 3.70. The fraction of sp³-hybridized carbons (Fsp3) is 0.591. The number of hydrogen-bond acceptors (Lipinski definition) is 4. The van der Waals surface area contributed by atoms with Gasteiger partial charge in [0, 0.05) is 39.4 Å². The van der Waals surface area contributed by atoms with Crippen LogP contribution in [0, 0.1) is 5.41 Å². The van der Waals surface area contributed by atoms with Gasteiger partial charge in [0.05, 0.1) is 14.2 Å². The van der Waals surface area contributed by atoms with Crippen molar-refractivity contribution in [2.75, 3.05) is 41.5 Å². The monoisotopic (exact) mass is 517 g/mol. The van der Waals surface area contributed by atoms with Crippen molar-refractivity contribution in [3.8, 4) is 11.5 Å². The number of nitrogens with zero attached hydrogens (tertiary/aromatic N) is 1. The summed E-state index contributed by atoms with van der Waals surface area (Å²) in [5, 5.41) is 6.90. The Bertz CT molecular complexity index is 676. The number of benzene rings is 1. The van der Waals surface area contributed by atoms with E-state index in [-0.39, 0.29) is 24.0 Å². The number of ether oxygens (including phenoxy) is 3. The van der Waals surface area contributed by atoms with Crippen LogP contribution >= 0.6 is 24.0 Å². The molecule has 0 aliphatic heterocycles. The van der Waals surface area contributed by atoms with Gasteiger partial charge in [-0.3, -0.25) is 4.99 Å². The van der Waals surface area contributed by atoms with E-state index in [1.54, 1.807) is 28.4 Å². The second-order valence-electron chi connectivity index (χ2n) is 7.36. The van der Waals surface area contributed by atoms with Gasteiger partial charge in [-0.2, -0.15) is 0 Å². The first-order chi connectivity index (χ1) is 13.6. The van der Waals surface area contributed by atoms with Crippen LogP contribution < -0.4 is 20.1 Å². The number of aliphatic imine (C=N–C) groups is 1. The van der Waals surface area contributed by atoms with Gasteiger partial charge in [0.15, 0.2) is 17.5 Å². The van der Waals surface area contributed by atoms with Gasteiger partial charge in [-0.1, -0.05) is 12.5 Å². The lowest BCUT2D eigenvalue weighted by molar-refractivity contribution is 0.0732. The molecule has 164 valence electrons. The molecule has 2 rings (SSSR count). The first-order valence-electron chi connectivity index (χ1n) is 9.89. The minimum Gasteiger partial charge on any atom is -0.493 e. The largest absolute Gasteiger partial charge is 0.493 e. The van der Waals surface area contributed by atoms with Crippen molar-refractivity contribution in [1.82, 2.24) is 10.6 Å². The Labute approximate surface area is 192 Å². The van der Waals surface area contributed by atoms with E-state index in [1.807, 2.05) is 12.1 Å². The zero-order valence-electron chi connectivity index (χ0n) is 18.2. The third-order valence-electron chi connectivity index (χ3n) is 5.54. The number of methoxy groups -OCH3 is 3. The average molecular weight is 517 g/mol. The van der Waals surface area contributed by atoms with E-state index < -0.39 is 0 Å². The number of hydrogen-bond donors (Lipinski definition) is 2. The number of guanidine groups is 1. The van der Waals surface area contributed by atoms with Crippen molar-refractivity contribution in [3.05, 3.63) is 35.9 Å². The van der Waals surface area contributed by atoms with E-state index in [1.165, 1.54) is 19.3 Å². The molecule has 0 radical (unpaired) electrons. The molecule has 1 saturated carbocycles. The summed E-state index contributed by atoms with van der Waals surface area (Å²) < 4.78 is 16.3. The van der Waals surface area contributed by atoms with Crippen LogP contribution in [0.4, 0.5) is 0 Å². The Hall–Kier alpha value is -1.48. The molecule has 29 heavy (non-hydrogen) atoms. The van der Waals surface area contributed by atoms with E-state index >= 15 is 0 Å². The van der Waals surface area contributed by atoms with Gasteiger partial charge in [0.2, 0.25) is 0 Å². The molecule has 1 aliphatic carbocycles. The van der Waals surface area contributed by atoms with Crippen LogP contribution in [0.5, 0.6) is 11.5 Å². The molecule has 6 nitrogen and oxygen atoms in total.